The first-order valence-electron chi connectivity index (χ1n) is 3.08. The Morgan fingerprint density at radius 2 is 2.67 bits per heavy atom. The molecule has 1 aliphatic heterocycles. The van der Waals surface area contributed by atoms with Crippen molar-refractivity contribution in [2.75, 3.05) is 6.61 Å². The Morgan fingerprint density at radius 3 is 3.56 bits per heavy atom. The first kappa shape index (κ1) is 5.30. The lowest BCUT2D eigenvalue weighted by Gasteiger charge is -2.11. The summed E-state index contributed by atoms with van der Waals surface area (Å²) in [5.41, 5.74) is 0. The summed E-state index contributed by atoms with van der Waals surface area (Å²) >= 11 is 1.68. The molecule has 0 amide bonds. The summed E-state index contributed by atoms with van der Waals surface area (Å²) in [6.45, 7) is 0.886. The summed E-state index contributed by atoms with van der Waals surface area (Å²) in [7, 11) is 0. The van der Waals surface area contributed by atoms with Gasteiger partial charge in [-0.1, -0.05) is 0 Å². The standard InChI is InChI=1S/C7H7OS/c1-2-7-6(8-4-1)3-5-9-7/h3H,1-2,4H2. The van der Waals surface area contributed by atoms with Crippen molar-refractivity contribution in [2.24, 2.45) is 0 Å². The van der Waals surface area contributed by atoms with Gasteiger partial charge in [0.2, 0.25) is 0 Å². The third-order valence-corrected chi connectivity index (χ3v) is 2.34. The molecule has 1 nitrogen and oxygen atoms in total. The van der Waals surface area contributed by atoms with E-state index in [2.05, 4.69) is 5.38 Å². The van der Waals surface area contributed by atoms with Gasteiger partial charge in [-0.15, -0.1) is 11.3 Å². The zero-order valence-corrected chi connectivity index (χ0v) is 5.83. The van der Waals surface area contributed by atoms with Gasteiger partial charge in [0.25, 0.3) is 0 Å². The molecule has 47 valence electrons. The monoisotopic (exact) mass is 139 g/mol. The third-order valence-electron chi connectivity index (χ3n) is 1.45. The van der Waals surface area contributed by atoms with Gasteiger partial charge in [0.05, 0.1) is 6.61 Å². The number of hydrogen-bond acceptors (Lipinski definition) is 2. The van der Waals surface area contributed by atoms with Crippen molar-refractivity contribution in [2.45, 2.75) is 12.8 Å². The Kier molecular flexibility index (Phi) is 1.19. The van der Waals surface area contributed by atoms with Crippen molar-refractivity contribution in [1.82, 2.24) is 0 Å². The van der Waals surface area contributed by atoms with Crippen LogP contribution in [-0.4, -0.2) is 6.61 Å². The van der Waals surface area contributed by atoms with Gasteiger partial charge in [0.15, 0.2) is 0 Å². The maximum absolute atomic E-state index is 5.34. The number of aryl methyl sites for hydroxylation is 1. The maximum Gasteiger partial charge on any atom is 0.133 e. The summed E-state index contributed by atoms with van der Waals surface area (Å²) in [4.78, 5) is 1.36. The van der Waals surface area contributed by atoms with Crippen molar-refractivity contribution < 1.29 is 4.74 Å². The minimum Gasteiger partial charge on any atom is -0.492 e. The van der Waals surface area contributed by atoms with Gasteiger partial charge < -0.3 is 4.74 Å². The molecule has 9 heavy (non-hydrogen) atoms. The fourth-order valence-electron chi connectivity index (χ4n) is 0.996. The van der Waals surface area contributed by atoms with Crippen LogP contribution in [0.5, 0.6) is 5.75 Å². The Morgan fingerprint density at radius 1 is 1.67 bits per heavy atom. The average molecular weight is 139 g/mol. The second kappa shape index (κ2) is 2.03. The second-order valence-electron chi connectivity index (χ2n) is 2.10. The zero-order valence-electron chi connectivity index (χ0n) is 5.02. The molecule has 1 radical (unpaired) electrons. The van der Waals surface area contributed by atoms with Gasteiger partial charge in [-0.25, -0.2) is 0 Å². The summed E-state index contributed by atoms with van der Waals surface area (Å²) in [5, 5.41) is 3.06. The summed E-state index contributed by atoms with van der Waals surface area (Å²) < 4.78 is 5.34. The lowest BCUT2D eigenvalue weighted by molar-refractivity contribution is 0.291. The SMILES string of the molecule is [c]1cc2c(s1)CCCO2. The molecule has 0 atom stereocenters. The van der Waals surface area contributed by atoms with E-state index in [0.29, 0.717) is 0 Å². The quantitative estimate of drug-likeness (QED) is 0.533. The number of rotatable bonds is 0. The molecule has 2 heteroatoms. The van der Waals surface area contributed by atoms with Gasteiger partial charge in [0, 0.05) is 10.3 Å². The van der Waals surface area contributed by atoms with Gasteiger partial charge in [-0.3, -0.25) is 0 Å². The molecular weight excluding hydrogens is 132 g/mol. The molecule has 2 rings (SSSR count). The number of fused-ring (bicyclic) bond motifs is 1. The van der Waals surface area contributed by atoms with Crippen molar-refractivity contribution in [3.63, 3.8) is 0 Å². The molecule has 0 spiro atoms. The van der Waals surface area contributed by atoms with Crippen LogP contribution >= 0.6 is 11.3 Å². The van der Waals surface area contributed by atoms with E-state index in [9.17, 15) is 0 Å². The van der Waals surface area contributed by atoms with Crippen molar-refractivity contribution in [3.05, 3.63) is 16.3 Å². The van der Waals surface area contributed by atoms with Gasteiger partial charge in [0.1, 0.15) is 5.75 Å². The fourth-order valence-corrected chi connectivity index (χ4v) is 1.77. The minimum atomic E-state index is 0.886. The Bertz CT molecular complexity index is 184. The highest BCUT2D eigenvalue weighted by Gasteiger charge is 2.09. The van der Waals surface area contributed by atoms with Crippen LogP contribution in [0.15, 0.2) is 6.07 Å². The van der Waals surface area contributed by atoms with Crippen molar-refractivity contribution in [1.29, 1.82) is 0 Å². The first-order chi connectivity index (χ1) is 4.47. The highest BCUT2D eigenvalue weighted by molar-refractivity contribution is 7.09. The topological polar surface area (TPSA) is 9.23 Å². The lowest BCUT2D eigenvalue weighted by atomic mass is 10.2. The molecule has 0 aromatic carbocycles. The predicted molar refractivity (Wildman–Crippen MR) is 37.0 cm³/mol. The van der Waals surface area contributed by atoms with E-state index in [1.807, 2.05) is 6.07 Å². The third kappa shape index (κ3) is 0.833. The molecule has 0 saturated heterocycles. The molecule has 0 fully saturated rings. The van der Waals surface area contributed by atoms with E-state index in [4.69, 9.17) is 4.74 Å². The van der Waals surface area contributed by atoms with Crippen LogP contribution < -0.4 is 4.74 Å². The van der Waals surface area contributed by atoms with Crippen LogP contribution in [0.3, 0.4) is 0 Å². The van der Waals surface area contributed by atoms with Gasteiger partial charge in [-0.05, 0) is 18.9 Å². The fraction of sp³-hybridized carbons (Fsp3) is 0.429. The largest absolute Gasteiger partial charge is 0.492 e. The molecule has 0 aliphatic carbocycles. The van der Waals surface area contributed by atoms with Gasteiger partial charge >= 0.3 is 0 Å². The highest BCUT2D eigenvalue weighted by atomic mass is 32.1. The summed E-state index contributed by atoms with van der Waals surface area (Å²) in [6.07, 6.45) is 2.35. The van der Waals surface area contributed by atoms with E-state index in [0.717, 1.165) is 12.4 Å². The Balaban J connectivity index is 2.39. The second-order valence-corrected chi connectivity index (χ2v) is 3.04. The smallest absolute Gasteiger partial charge is 0.133 e. The molecule has 0 saturated carbocycles. The molecule has 0 bridgehead atoms. The summed E-state index contributed by atoms with van der Waals surface area (Å²) in [6, 6.07) is 1.93. The molecule has 2 heterocycles. The van der Waals surface area contributed by atoms with E-state index in [1.54, 1.807) is 11.3 Å². The minimum absolute atomic E-state index is 0.886. The van der Waals surface area contributed by atoms with Crippen LogP contribution in [0.4, 0.5) is 0 Å². The van der Waals surface area contributed by atoms with Crippen molar-refractivity contribution >= 4 is 11.3 Å². The van der Waals surface area contributed by atoms with E-state index >= 15 is 0 Å². The number of thiophene rings is 1. The Labute approximate surface area is 58.3 Å². The molecular formula is C7H7OS. The summed E-state index contributed by atoms with van der Waals surface area (Å²) in [5.74, 6) is 1.06. The predicted octanol–water partition coefficient (Wildman–Crippen LogP) is 1.87. The van der Waals surface area contributed by atoms with E-state index in [1.165, 1.54) is 17.7 Å². The highest BCUT2D eigenvalue weighted by Crippen LogP contribution is 2.28. The van der Waals surface area contributed by atoms with Crippen LogP contribution in [0.25, 0.3) is 0 Å². The lowest BCUT2D eigenvalue weighted by Crippen LogP contribution is -2.04. The molecule has 1 aromatic rings. The van der Waals surface area contributed by atoms with Crippen LogP contribution in [0, 0.1) is 5.38 Å². The van der Waals surface area contributed by atoms with Crippen LogP contribution in [0.2, 0.25) is 0 Å². The molecule has 1 aromatic heterocycles. The molecule has 0 unspecified atom stereocenters. The normalized spacial score (nSPS) is 16.4. The average Bonchev–Trinajstić information content (AvgIpc) is 2.33. The van der Waals surface area contributed by atoms with E-state index in [-0.39, 0.29) is 0 Å². The zero-order chi connectivity index (χ0) is 6.10. The van der Waals surface area contributed by atoms with Crippen molar-refractivity contribution in [3.8, 4) is 5.75 Å². The molecule has 1 aliphatic rings. The molecule has 0 N–H and O–H groups in total. The van der Waals surface area contributed by atoms with Crippen LogP contribution in [0.1, 0.15) is 11.3 Å². The van der Waals surface area contributed by atoms with E-state index < -0.39 is 0 Å². The number of ether oxygens (including phenoxy) is 1. The first-order valence-corrected chi connectivity index (χ1v) is 3.90. The Hall–Kier alpha value is -0.500. The number of hydrogen-bond donors (Lipinski definition) is 0. The van der Waals surface area contributed by atoms with Gasteiger partial charge in [-0.2, -0.15) is 0 Å². The van der Waals surface area contributed by atoms with Crippen LogP contribution in [-0.2, 0) is 6.42 Å². The maximum atomic E-state index is 5.34.